The normalized spacial score (nSPS) is 21.5. The van der Waals surface area contributed by atoms with Crippen LogP contribution in [0.3, 0.4) is 0 Å². The summed E-state index contributed by atoms with van der Waals surface area (Å²) in [6.45, 7) is 7.82. The van der Waals surface area contributed by atoms with Crippen LogP contribution in [0, 0.1) is 12.8 Å². The molecule has 4 aliphatic heterocycles. The predicted octanol–water partition coefficient (Wildman–Crippen LogP) is 3.58. The van der Waals surface area contributed by atoms with Crippen molar-refractivity contribution in [3.8, 4) is 0 Å². The lowest BCUT2D eigenvalue weighted by Crippen LogP contribution is -2.48. The number of fused-ring (bicyclic) bond motifs is 6. The minimum Gasteiger partial charge on any atom is -0.336 e. The minimum absolute atomic E-state index is 0.0122. The number of benzene rings is 1. The molecule has 1 saturated carbocycles. The number of aromatic nitrogens is 4. The molecule has 1 atom stereocenters. The number of aryl methyl sites for hydroxylation is 1. The number of H-pyrrole nitrogens is 2. The van der Waals surface area contributed by atoms with Crippen molar-refractivity contribution in [3.05, 3.63) is 58.9 Å². The molecule has 0 bridgehead atoms. The molecule has 1 aliphatic carbocycles. The van der Waals surface area contributed by atoms with Gasteiger partial charge in [-0.1, -0.05) is 57.0 Å². The van der Waals surface area contributed by atoms with E-state index in [9.17, 15) is 9.59 Å². The molecule has 2 N–H and O–H groups in total. The molecule has 5 aliphatic rings. The van der Waals surface area contributed by atoms with E-state index in [1.807, 2.05) is 25.1 Å². The molecule has 2 aromatic heterocycles. The summed E-state index contributed by atoms with van der Waals surface area (Å²) in [6.07, 6.45) is 5.38. The Labute approximate surface area is 250 Å². The summed E-state index contributed by atoms with van der Waals surface area (Å²) >= 11 is 0. The molecule has 0 radical (unpaired) electrons. The van der Waals surface area contributed by atoms with Crippen molar-refractivity contribution in [2.75, 3.05) is 37.0 Å². The third-order valence-corrected chi connectivity index (χ3v) is 9.13. The third-order valence-electron chi connectivity index (χ3n) is 9.13. The number of guanidine groups is 2. The Hall–Kier alpha value is -4.48. The van der Waals surface area contributed by atoms with Crippen molar-refractivity contribution in [1.29, 1.82) is 0 Å². The van der Waals surface area contributed by atoms with Crippen LogP contribution in [0.15, 0.2) is 40.3 Å². The lowest BCUT2D eigenvalue weighted by molar-refractivity contribution is 0.0852. The number of amides is 2. The molecule has 0 saturated heterocycles. The average molecular weight is 583 g/mol. The molecule has 1 fully saturated rings. The zero-order chi connectivity index (χ0) is 30.0. The average Bonchev–Trinajstić information content (AvgIpc) is 3.82. The largest absolute Gasteiger partial charge is 0.336 e. The number of nitrogens with zero attached hydrogens (tertiary/aromatic N) is 8. The maximum absolute atomic E-state index is 12.6. The highest BCUT2D eigenvalue weighted by Gasteiger charge is 2.48. The second kappa shape index (κ2) is 10.1. The summed E-state index contributed by atoms with van der Waals surface area (Å²) in [4.78, 5) is 57.5. The van der Waals surface area contributed by atoms with Gasteiger partial charge in [0.05, 0.1) is 24.7 Å². The van der Waals surface area contributed by atoms with Gasteiger partial charge in [-0.3, -0.25) is 29.2 Å². The molecule has 0 unspecified atom stereocenters. The summed E-state index contributed by atoms with van der Waals surface area (Å²) in [5, 5.41) is 0. The SMILES string of the molecule is CC(C)[C@@H]1CN2C(=N1)N(C)C(=O)c1[nH]c(Cc3ccccc3)nc12.Cc1nc2c([nH]1)C(=O)N(C)C1=NC3(CCCC3)CN12. The topological polar surface area (TPSA) is 129 Å². The van der Waals surface area contributed by atoms with Gasteiger partial charge in [0.25, 0.3) is 11.8 Å². The van der Waals surface area contributed by atoms with Gasteiger partial charge in [-0.2, -0.15) is 0 Å². The van der Waals surface area contributed by atoms with Crippen LogP contribution in [0.2, 0.25) is 0 Å². The van der Waals surface area contributed by atoms with E-state index in [4.69, 9.17) is 15.0 Å². The molecule has 1 spiro atoms. The minimum atomic E-state index is -0.0729. The molecule has 2 amide bonds. The number of aromatic amines is 2. The Bertz CT molecular complexity index is 1650. The number of carbonyl (C=O) groups excluding carboxylic acids is 2. The van der Waals surface area contributed by atoms with Crippen LogP contribution in [-0.2, 0) is 6.42 Å². The van der Waals surface area contributed by atoms with E-state index in [-0.39, 0.29) is 23.4 Å². The van der Waals surface area contributed by atoms with Gasteiger partial charge in [0, 0.05) is 20.5 Å². The number of anilines is 2. The van der Waals surface area contributed by atoms with Crippen molar-refractivity contribution in [2.45, 2.75) is 64.5 Å². The summed E-state index contributed by atoms with van der Waals surface area (Å²) in [5.41, 5.74) is 2.33. The molecule has 43 heavy (non-hydrogen) atoms. The number of rotatable bonds is 3. The lowest BCUT2D eigenvalue weighted by atomic mass is 9.99. The van der Waals surface area contributed by atoms with Crippen molar-refractivity contribution >= 4 is 35.4 Å². The van der Waals surface area contributed by atoms with Crippen molar-refractivity contribution in [2.24, 2.45) is 15.9 Å². The second-order valence-electron chi connectivity index (χ2n) is 12.6. The van der Waals surface area contributed by atoms with Gasteiger partial charge in [0.15, 0.2) is 11.6 Å². The molecule has 12 heteroatoms. The van der Waals surface area contributed by atoms with Crippen molar-refractivity contribution < 1.29 is 9.59 Å². The number of hydrogen-bond acceptors (Lipinski definition) is 8. The van der Waals surface area contributed by atoms with Crippen LogP contribution >= 0.6 is 0 Å². The predicted molar refractivity (Wildman–Crippen MR) is 165 cm³/mol. The smallest absolute Gasteiger partial charge is 0.280 e. The van der Waals surface area contributed by atoms with Crippen molar-refractivity contribution in [1.82, 2.24) is 29.7 Å². The first-order valence-electron chi connectivity index (χ1n) is 15.1. The zero-order valence-electron chi connectivity index (χ0n) is 25.4. The Morgan fingerprint density at radius 2 is 1.56 bits per heavy atom. The van der Waals surface area contributed by atoms with E-state index < -0.39 is 0 Å². The van der Waals surface area contributed by atoms with E-state index in [0.29, 0.717) is 35.5 Å². The maximum Gasteiger partial charge on any atom is 0.280 e. The summed E-state index contributed by atoms with van der Waals surface area (Å²) in [5.74, 6) is 4.85. The van der Waals surface area contributed by atoms with Gasteiger partial charge < -0.3 is 9.97 Å². The van der Waals surface area contributed by atoms with E-state index in [2.05, 4.69) is 50.7 Å². The Balaban J connectivity index is 0.000000143. The van der Waals surface area contributed by atoms with Crippen LogP contribution in [0.1, 0.15) is 77.7 Å². The zero-order valence-corrected chi connectivity index (χ0v) is 25.4. The number of nitrogens with one attached hydrogen (secondary N) is 2. The monoisotopic (exact) mass is 582 g/mol. The molecule has 8 rings (SSSR count). The fraction of sp³-hybridized carbons (Fsp3) is 0.484. The fourth-order valence-corrected chi connectivity index (χ4v) is 6.71. The number of imidazole rings is 2. The van der Waals surface area contributed by atoms with Gasteiger partial charge in [0.2, 0.25) is 11.9 Å². The standard InChI is InChI=1S/C18H21N5O.C13H17N5O/c1-11(2)13-10-23-16-15(17(24)22(3)18(23)19-13)20-14(21-16)9-12-7-5-4-6-8-12;1-8-14-9-10(15-8)18-7-13(5-3-4-6-13)16-12(18)17(2)11(9)19/h4-8,11,13H,9-10H2,1-3H3,(H,20,21);3-7H2,1-2H3,(H,14,15)/t13-;/m0./s1. The molecule has 6 heterocycles. The van der Waals surface area contributed by atoms with Crippen molar-refractivity contribution in [3.63, 3.8) is 0 Å². The van der Waals surface area contributed by atoms with Crippen LogP contribution in [0.5, 0.6) is 0 Å². The molecule has 12 nitrogen and oxygen atoms in total. The van der Waals surface area contributed by atoms with E-state index in [1.165, 1.54) is 18.4 Å². The van der Waals surface area contributed by atoms with Gasteiger partial charge in [-0.15, -0.1) is 0 Å². The number of carbonyl (C=O) groups is 2. The first-order chi connectivity index (χ1) is 20.6. The Kier molecular flexibility index (Phi) is 6.40. The van der Waals surface area contributed by atoms with Gasteiger partial charge in [-0.05, 0) is 31.2 Å². The Morgan fingerprint density at radius 3 is 2.26 bits per heavy atom. The highest BCUT2D eigenvalue weighted by molar-refractivity contribution is 6.18. The third kappa shape index (κ3) is 4.50. The molecular weight excluding hydrogens is 544 g/mol. The second-order valence-corrected chi connectivity index (χ2v) is 12.6. The number of hydrogen-bond donors (Lipinski definition) is 2. The lowest BCUT2D eigenvalue weighted by Gasteiger charge is -2.30. The van der Waals surface area contributed by atoms with Crippen LogP contribution < -0.4 is 9.80 Å². The van der Waals surface area contributed by atoms with Crippen LogP contribution in [0.25, 0.3) is 0 Å². The molecular formula is C31H38N10O2. The summed E-state index contributed by atoms with van der Waals surface area (Å²) in [7, 11) is 3.57. The molecule has 224 valence electrons. The van der Waals surface area contributed by atoms with Gasteiger partial charge >= 0.3 is 0 Å². The fourth-order valence-electron chi connectivity index (χ4n) is 6.71. The highest BCUT2D eigenvalue weighted by Crippen LogP contribution is 2.41. The van der Waals surface area contributed by atoms with E-state index in [0.717, 1.165) is 49.4 Å². The van der Waals surface area contributed by atoms with E-state index in [1.54, 1.807) is 23.9 Å². The Morgan fingerprint density at radius 1 is 0.907 bits per heavy atom. The number of aliphatic imine (C=N–C) groups is 2. The van der Waals surface area contributed by atoms with Crippen LogP contribution in [0.4, 0.5) is 11.6 Å². The van der Waals surface area contributed by atoms with Gasteiger partial charge in [0.1, 0.15) is 23.0 Å². The molecule has 1 aromatic carbocycles. The highest BCUT2D eigenvalue weighted by atomic mass is 16.2. The summed E-state index contributed by atoms with van der Waals surface area (Å²) in [6, 6.07) is 10.3. The summed E-state index contributed by atoms with van der Waals surface area (Å²) < 4.78 is 0. The molecule has 3 aromatic rings. The first kappa shape index (κ1) is 27.4. The van der Waals surface area contributed by atoms with E-state index >= 15 is 0 Å². The quantitative estimate of drug-likeness (QED) is 0.486. The first-order valence-corrected chi connectivity index (χ1v) is 15.1. The van der Waals surface area contributed by atoms with Gasteiger partial charge in [-0.25, -0.2) is 20.0 Å². The van der Waals surface area contributed by atoms with Crippen LogP contribution in [-0.4, -0.2) is 92.2 Å². The maximum atomic E-state index is 12.6.